The van der Waals surface area contributed by atoms with Gasteiger partial charge in [0, 0.05) is 59.2 Å². The molecule has 2 saturated heterocycles. The molecule has 6 rings (SSSR count). The zero-order valence-electron chi connectivity index (χ0n) is 21.6. The molecule has 4 aliphatic rings. The Balaban J connectivity index is 1.06. The minimum Gasteiger partial charge on any atom is -0.339 e. The fourth-order valence-corrected chi connectivity index (χ4v) is 6.69. The highest BCUT2D eigenvalue weighted by molar-refractivity contribution is 8.01. The average Bonchev–Trinajstić information content (AvgIpc) is 3.64. The Labute approximate surface area is 236 Å². The second kappa shape index (κ2) is 11.5. The van der Waals surface area contributed by atoms with Crippen LogP contribution >= 0.6 is 23.5 Å². The number of benzene rings is 1. The second-order valence-corrected chi connectivity index (χ2v) is 12.4. The predicted molar refractivity (Wildman–Crippen MR) is 152 cm³/mol. The van der Waals surface area contributed by atoms with Gasteiger partial charge in [0.15, 0.2) is 0 Å². The maximum atomic E-state index is 12.9. The third-order valence-electron chi connectivity index (χ3n) is 7.83. The van der Waals surface area contributed by atoms with E-state index in [2.05, 4.69) is 30.5 Å². The van der Waals surface area contributed by atoms with E-state index in [1.54, 1.807) is 6.20 Å². The van der Waals surface area contributed by atoms with Crippen molar-refractivity contribution >= 4 is 46.6 Å². The normalized spacial score (nSPS) is 20.7. The standard InChI is InChI=1S/C28H31ClF2N6OS/c29-20-2-1-3-22(12-20)37(15-21-7-6-19(14-32-21)25-13-26(27(30)31)34-33-25)39-24-8-10-35(11-9-24)23-16-36(17-23)28(38)18-4-5-18/h1-3,6-7,12,14,18,23-24,27H,4-5,8-11,13,15-17H2. The Hall–Kier alpha value is -2.56. The van der Waals surface area contributed by atoms with Crippen molar-refractivity contribution in [1.82, 2.24) is 14.8 Å². The summed E-state index contributed by atoms with van der Waals surface area (Å²) in [4.78, 5) is 21.5. The third-order valence-corrected chi connectivity index (χ3v) is 9.43. The SMILES string of the molecule is O=C(C1CC1)N1CC(N2CCC(SN(Cc3ccc(C4=NN=C(C(F)F)C4)cn3)c3cccc(Cl)c3)CC2)C1. The number of alkyl halides is 2. The lowest BCUT2D eigenvalue weighted by atomic mass is 10.0. The van der Waals surface area contributed by atoms with Crippen LogP contribution in [0.5, 0.6) is 0 Å². The molecule has 1 aliphatic carbocycles. The summed E-state index contributed by atoms with van der Waals surface area (Å²) in [6.45, 7) is 4.42. The average molecular weight is 573 g/mol. The van der Waals surface area contributed by atoms with Crippen molar-refractivity contribution in [3.8, 4) is 0 Å². The number of carbonyl (C=O) groups excluding carboxylic acids is 1. The first kappa shape index (κ1) is 26.7. The van der Waals surface area contributed by atoms with E-state index in [4.69, 9.17) is 11.6 Å². The lowest BCUT2D eigenvalue weighted by molar-refractivity contribution is -0.140. The van der Waals surface area contributed by atoms with Crippen LogP contribution < -0.4 is 4.31 Å². The van der Waals surface area contributed by atoms with Gasteiger partial charge in [-0.15, -0.1) is 0 Å². The summed E-state index contributed by atoms with van der Waals surface area (Å²) in [5.74, 6) is 0.665. The first-order chi connectivity index (χ1) is 18.9. The molecule has 1 aromatic carbocycles. The summed E-state index contributed by atoms with van der Waals surface area (Å²) in [6.07, 6.45) is 3.44. The van der Waals surface area contributed by atoms with Crippen LogP contribution in [0.1, 0.15) is 43.4 Å². The molecule has 11 heteroatoms. The maximum Gasteiger partial charge on any atom is 0.278 e. The van der Waals surface area contributed by atoms with Gasteiger partial charge >= 0.3 is 0 Å². The van der Waals surface area contributed by atoms with Crippen molar-refractivity contribution < 1.29 is 13.6 Å². The van der Waals surface area contributed by atoms with Crippen molar-refractivity contribution in [2.45, 2.75) is 56.4 Å². The Kier molecular flexibility index (Phi) is 7.86. The largest absolute Gasteiger partial charge is 0.339 e. The molecule has 0 bridgehead atoms. The quantitative estimate of drug-likeness (QED) is 0.382. The molecule has 3 aliphatic heterocycles. The number of hydrogen-bond donors (Lipinski definition) is 0. The molecular formula is C28H31ClF2N6OS. The van der Waals surface area contributed by atoms with Crippen LogP contribution in [0, 0.1) is 5.92 Å². The van der Waals surface area contributed by atoms with Crippen LogP contribution in [0.4, 0.5) is 14.5 Å². The summed E-state index contributed by atoms with van der Waals surface area (Å²) in [5.41, 5.74) is 2.91. The molecule has 2 aromatic rings. The zero-order chi connectivity index (χ0) is 26.9. The molecule has 0 radical (unpaired) electrons. The van der Waals surface area contributed by atoms with E-state index >= 15 is 0 Å². The highest BCUT2D eigenvalue weighted by Gasteiger charge is 2.41. The van der Waals surface area contributed by atoms with E-state index in [-0.39, 0.29) is 12.1 Å². The third kappa shape index (κ3) is 6.28. The molecule has 0 unspecified atom stereocenters. The van der Waals surface area contributed by atoms with Crippen molar-refractivity contribution in [1.29, 1.82) is 0 Å². The Morgan fingerprint density at radius 2 is 1.90 bits per heavy atom. The smallest absolute Gasteiger partial charge is 0.278 e. The van der Waals surface area contributed by atoms with Crippen molar-refractivity contribution in [2.75, 3.05) is 30.5 Å². The number of nitrogens with zero attached hydrogens (tertiary/aromatic N) is 6. The molecule has 4 heterocycles. The second-order valence-electron chi connectivity index (χ2n) is 10.7. The lowest BCUT2D eigenvalue weighted by Gasteiger charge is -2.48. The number of halogens is 3. The maximum absolute atomic E-state index is 12.9. The Morgan fingerprint density at radius 3 is 2.54 bits per heavy atom. The van der Waals surface area contributed by atoms with Crippen LogP contribution in [0.3, 0.4) is 0 Å². The molecule has 0 atom stereocenters. The summed E-state index contributed by atoms with van der Waals surface area (Å²) >= 11 is 8.16. The number of anilines is 1. The molecular weight excluding hydrogens is 542 g/mol. The van der Waals surface area contributed by atoms with Gasteiger partial charge in [-0.2, -0.15) is 10.2 Å². The van der Waals surface area contributed by atoms with Gasteiger partial charge in [-0.05, 0) is 81.1 Å². The van der Waals surface area contributed by atoms with Crippen LogP contribution in [0.25, 0.3) is 0 Å². The van der Waals surface area contributed by atoms with E-state index in [1.807, 2.05) is 47.2 Å². The Bertz CT molecular complexity index is 1260. The van der Waals surface area contributed by atoms with Gasteiger partial charge in [-0.25, -0.2) is 8.78 Å². The molecule has 39 heavy (non-hydrogen) atoms. The van der Waals surface area contributed by atoms with E-state index in [9.17, 15) is 13.6 Å². The fourth-order valence-electron chi connectivity index (χ4n) is 5.28. The van der Waals surface area contributed by atoms with E-state index in [0.29, 0.717) is 46.0 Å². The van der Waals surface area contributed by atoms with Gasteiger partial charge in [-0.3, -0.25) is 14.7 Å². The first-order valence-corrected chi connectivity index (χ1v) is 14.7. The summed E-state index contributed by atoms with van der Waals surface area (Å²) in [5, 5.41) is 8.66. The first-order valence-electron chi connectivity index (χ1n) is 13.5. The van der Waals surface area contributed by atoms with E-state index < -0.39 is 6.43 Å². The van der Waals surface area contributed by atoms with Crippen molar-refractivity contribution in [3.05, 3.63) is 58.9 Å². The minimum absolute atomic E-state index is 0.0532. The van der Waals surface area contributed by atoms with Gasteiger partial charge in [0.1, 0.15) is 5.71 Å². The van der Waals surface area contributed by atoms with Crippen LogP contribution in [-0.2, 0) is 11.3 Å². The van der Waals surface area contributed by atoms with Gasteiger partial charge in [0.05, 0.1) is 18.0 Å². The number of pyridine rings is 1. The summed E-state index contributed by atoms with van der Waals surface area (Å²) < 4.78 is 28.1. The van der Waals surface area contributed by atoms with Gasteiger partial charge in [0.25, 0.3) is 6.43 Å². The zero-order valence-corrected chi connectivity index (χ0v) is 23.1. The highest BCUT2D eigenvalue weighted by atomic mass is 35.5. The van der Waals surface area contributed by atoms with E-state index in [1.165, 1.54) is 0 Å². The number of piperidine rings is 1. The molecule has 7 nitrogen and oxygen atoms in total. The van der Waals surface area contributed by atoms with E-state index in [0.717, 1.165) is 63.2 Å². The number of rotatable bonds is 9. The number of amides is 1. The summed E-state index contributed by atoms with van der Waals surface area (Å²) in [7, 11) is 0. The topological polar surface area (TPSA) is 64.4 Å². The number of carbonyl (C=O) groups is 1. The predicted octanol–water partition coefficient (Wildman–Crippen LogP) is 5.29. The van der Waals surface area contributed by atoms with Crippen molar-refractivity contribution in [3.63, 3.8) is 0 Å². The van der Waals surface area contributed by atoms with Crippen LogP contribution in [-0.4, -0.2) is 76.0 Å². The lowest BCUT2D eigenvalue weighted by Crippen LogP contribution is -2.62. The molecule has 206 valence electrons. The Morgan fingerprint density at radius 1 is 1.10 bits per heavy atom. The fraction of sp³-hybridized carbons (Fsp3) is 0.500. The van der Waals surface area contributed by atoms with Crippen LogP contribution in [0.15, 0.2) is 52.8 Å². The van der Waals surface area contributed by atoms with Gasteiger partial charge in [0.2, 0.25) is 5.91 Å². The van der Waals surface area contributed by atoms with Crippen LogP contribution in [0.2, 0.25) is 5.02 Å². The monoisotopic (exact) mass is 572 g/mol. The van der Waals surface area contributed by atoms with Crippen molar-refractivity contribution in [2.24, 2.45) is 16.1 Å². The number of aromatic nitrogens is 1. The number of hydrogen-bond acceptors (Lipinski definition) is 7. The molecule has 3 fully saturated rings. The number of likely N-dealkylation sites (tertiary alicyclic amines) is 2. The van der Waals surface area contributed by atoms with Gasteiger partial charge < -0.3 is 9.21 Å². The highest BCUT2D eigenvalue weighted by Crippen LogP contribution is 2.36. The molecule has 0 N–H and O–H groups in total. The molecule has 1 saturated carbocycles. The molecule has 1 aromatic heterocycles. The molecule has 1 amide bonds. The summed E-state index contributed by atoms with van der Waals surface area (Å²) in [6, 6.07) is 12.1. The minimum atomic E-state index is -2.59. The molecule has 0 spiro atoms. The van der Waals surface area contributed by atoms with Gasteiger partial charge in [-0.1, -0.05) is 17.7 Å².